The number of hydrogen-bond donors (Lipinski definition) is 3. The van der Waals surface area contributed by atoms with Gasteiger partial charge in [-0.15, -0.1) is 0 Å². The molecule has 0 radical (unpaired) electrons. The number of carbonyl (C=O) groups excluding carboxylic acids is 2. The SMILES string of the molecule is CCCCCCC[C@H](CC(=O)O[C@H]1[C@H](O)[C@@H](COCc2ccccc2)O[13CH](O)[C@@H]1NC(=O)OCC(Cl)(Cl)Cl)OCc1ccccc1. The number of alkyl carbamates (subject to hydrolysis) is 1. The average molecular weight is 706 g/mol. The minimum Gasteiger partial charge on any atom is -0.457 e. The molecule has 3 N–H and O–H groups in total. The molecule has 1 saturated heterocycles. The Labute approximate surface area is 285 Å². The lowest BCUT2D eigenvalue weighted by Gasteiger charge is -2.42. The standard InChI is InChI=1S/C33H44Cl3NO9/c1-2-3-4-5-12-17-25(43-20-24-15-10-7-11-16-24)18-27(38)46-30-28(37-32(41)44-22-33(34,35)36)31(40)45-26(29(30)39)21-42-19-23-13-8-6-9-14-23/h6-11,13-16,25-26,28-31,39-40H,2-5,12,17-22H2,1H3,(H,37,41)/t25-,26-,28-,29-,30-,31?/m1/s1/i31+1. The lowest BCUT2D eigenvalue weighted by Crippen LogP contribution is -2.65. The van der Waals surface area contributed by atoms with Crippen molar-refractivity contribution in [1.29, 1.82) is 0 Å². The summed E-state index contributed by atoms with van der Waals surface area (Å²) >= 11 is 17.0. The van der Waals surface area contributed by atoms with Gasteiger partial charge in [0.05, 0.1) is 32.3 Å². The molecule has 1 fully saturated rings. The minimum absolute atomic E-state index is 0.111. The number of alkyl halides is 3. The van der Waals surface area contributed by atoms with Gasteiger partial charge in [-0.2, -0.15) is 0 Å². The van der Waals surface area contributed by atoms with Crippen LogP contribution in [-0.2, 0) is 41.7 Å². The van der Waals surface area contributed by atoms with Crippen molar-refractivity contribution in [3.63, 3.8) is 0 Å². The molecule has 1 aliphatic heterocycles. The van der Waals surface area contributed by atoms with Gasteiger partial charge in [-0.1, -0.05) is 134 Å². The van der Waals surface area contributed by atoms with E-state index in [0.29, 0.717) is 13.0 Å². The van der Waals surface area contributed by atoms with E-state index in [0.717, 1.165) is 43.2 Å². The normalized spacial score (nSPS) is 22.2. The summed E-state index contributed by atoms with van der Waals surface area (Å²) in [6.45, 7) is 1.96. The second-order valence-corrected chi connectivity index (χ2v) is 13.7. The number of carbonyl (C=O) groups is 2. The summed E-state index contributed by atoms with van der Waals surface area (Å²) in [4.78, 5) is 25.9. The molecule has 1 heterocycles. The number of aliphatic hydroxyl groups is 2. The van der Waals surface area contributed by atoms with Crippen LogP contribution in [0.2, 0.25) is 0 Å². The lowest BCUT2D eigenvalue weighted by molar-refractivity contribution is -0.261. The lowest BCUT2D eigenvalue weighted by atomic mass is 10.0. The zero-order valence-corrected chi connectivity index (χ0v) is 28.2. The maximum atomic E-state index is 13.4. The van der Waals surface area contributed by atoms with Gasteiger partial charge in [0.25, 0.3) is 0 Å². The van der Waals surface area contributed by atoms with E-state index >= 15 is 0 Å². The van der Waals surface area contributed by atoms with Crippen molar-refractivity contribution >= 4 is 46.9 Å². The van der Waals surface area contributed by atoms with Crippen LogP contribution >= 0.6 is 34.8 Å². The highest BCUT2D eigenvalue weighted by Gasteiger charge is 2.48. The Balaban J connectivity index is 1.69. The van der Waals surface area contributed by atoms with E-state index in [1.54, 1.807) is 0 Å². The van der Waals surface area contributed by atoms with Crippen molar-refractivity contribution in [1.82, 2.24) is 5.32 Å². The summed E-state index contributed by atoms with van der Waals surface area (Å²) in [7, 11) is 0. The maximum absolute atomic E-state index is 13.4. The molecule has 256 valence electrons. The first-order valence-electron chi connectivity index (χ1n) is 15.5. The fourth-order valence-electron chi connectivity index (χ4n) is 4.95. The number of rotatable bonds is 18. The van der Waals surface area contributed by atoms with Crippen molar-refractivity contribution in [3.8, 4) is 0 Å². The number of ether oxygens (including phenoxy) is 5. The van der Waals surface area contributed by atoms with E-state index in [9.17, 15) is 19.8 Å². The highest BCUT2D eigenvalue weighted by Crippen LogP contribution is 2.27. The first-order chi connectivity index (χ1) is 22.1. The largest absolute Gasteiger partial charge is 0.457 e. The van der Waals surface area contributed by atoms with Crippen LogP contribution in [0.25, 0.3) is 0 Å². The smallest absolute Gasteiger partial charge is 0.407 e. The third-order valence-electron chi connectivity index (χ3n) is 7.36. The molecule has 1 aliphatic rings. The number of nitrogens with one attached hydrogen (secondary N) is 1. The van der Waals surface area contributed by atoms with Gasteiger partial charge < -0.3 is 39.2 Å². The van der Waals surface area contributed by atoms with Crippen LogP contribution in [0.1, 0.15) is 63.0 Å². The van der Waals surface area contributed by atoms with Crippen molar-refractivity contribution < 1.29 is 43.5 Å². The Hall–Kier alpha value is -2.15. The number of aliphatic hydroxyl groups excluding tert-OH is 2. The molecule has 2 aromatic carbocycles. The number of unbranched alkanes of at least 4 members (excludes halogenated alkanes) is 4. The van der Waals surface area contributed by atoms with Crippen LogP contribution in [0.15, 0.2) is 60.7 Å². The van der Waals surface area contributed by atoms with E-state index in [2.05, 4.69) is 12.2 Å². The van der Waals surface area contributed by atoms with Gasteiger partial charge in [-0.3, -0.25) is 4.79 Å². The first kappa shape index (κ1) is 38.3. The monoisotopic (exact) mass is 704 g/mol. The molecular formula is C33H44Cl3NO9. The average Bonchev–Trinajstić information content (AvgIpc) is 3.03. The van der Waals surface area contributed by atoms with Gasteiger partial charge in [0.15, 0.2) is 12.4 Å². The van der Waals surface area contributed by atoms with Gasteiger partial charge in [0.1, 0.15) is 24.9 Å². The van der Waals surface area contributed by atoms with Crippen molar-refractivity contribution in [3.05, 3.63) is 71.8 Å². The second-order valence-electron chi connectivity index (χ2n) is 11.2. The van der Waals surface area contributed by atoms with E-state index in [1.807, 2.05) is 60.7 Å². The zero-order valence-electron chi connectivity index (χ0n) is 25.9. The molecule has 6 atom stereocenters. The Morgan fingerprint density at radius 2 is 1.57 bits per heavy atom. The zero-order chi connectivity index (χ0) is 33.4. The topological polar surface area (TPSA) is 133 Å². The predicted octanol–water partition coefficient (Wildman–Crippen LogP) is 5.99. The van der Waals surface area contributed by atoms with Crippen LogP contribution < -0.4 is 5.32 Å². The molecule has 10 nitrogen and oxygen atoms in total. The minimum atomic E-state index is -1.88. The molecule has 0 aromatic heterocycles. The molecule has 1 unspecified atom stereocenters. The summed E-state index contributed by atoms with van der Waals surface area (Å²) in [5.74, 6) is -0.685. The maximum Gasteiger partial charge on any atom is 0.407 e. The van der Waals surface area contributed by atoms with Crippen molar-refractivity contribution in [2.75, 3.05) is 13.2 Å². The van der Waals surface area contributed by atoms with Crippen LogP contribution in [-0.4, -0.2) is 76.0 Å². The number of hydrogen-bond acceptors (Lipinski definition) is 9. The number of esters is 1. The van der Waals surface area contributed by atoms with Gasteiger partial charge in [-0.25, -0.2) is 4.79 Å². The molecule has 0 aliphatic carbocycles. The summed E-state index contributed by atoms with van der Waals surface area (Å²) < 4.78 is 26.2. The summed E-state index contributed by atoms with van der Waals surface area (Å²) in [6, 6.07) is 17.6. The summed E-state index contributed by atoms with van der Waals surface area (Å²) in [6.07, 6.45) is -1.51. The van der Waals surface area contributed by atoms with Gasteiger partial charge >= 0.3 is 12.1 Å². The van der Waals surface area contributed by atoms with Gasteiger partial charge in [-0.05, 0) is 17.5 Å². The molecule has 0 bridgehead atoms. The van der Waals surface area contributed by atoms with Crippen LogP contribution in [0.4, 0.5) is 4.79 Å². The van der Waals surface area contributed by atoms with E-state index in [4.69, 9.17) is 58.5 Å². The molecule has 3 rings (SSSR count). The fraction of sp³-hybridized carbons (Fsp3) is 0.576. The van der Waals surface area contributed by atoms with E-state index < -0.39 is 59.2 Å². The quantitative estimate of drug-likeness (QED) is 0.0740. The number of benzene rings is 2. The van der Waals surface area contributed by atoms with Crippen LogP contribution in [0, 0.1) is 0 Å². The van der Waals surface area contributed by atoms with Crippen LogP contribution in [0.3, 0.4) is 0 Å². The molecule has 1 amide bonds. The Morgan fingerprint density at radius 3 is 2.20 bits per heavy atom. The van der Waals surface area contributed by atoms with Gasteiger partial charge in [0.2, 0.25) is 3.79 Å². The predicted molar refractivity (Wildman–Crippen MR) is 174 cm³/mol. The number of amides is 1. The van der Waals surface area contributed by atoms with Crippen molar-refractivity contribution in [2.45, 2.75) is 106 Å². The molecular weight excluding hydrogens is 662 g/mol. The molecule has 46 heavy (non-hydrogen) atoms. The molecule has 2 aromatic rings. The molecule has 0 spiro atoms. The first-order valence-corrected chi connectivity index (χ1v) is 16.7. The highest BCUT2D eigenvalue weighted by molar-refractivity contribution is 6.67. The fourth-order valence-corrected chi connectivity index (χ4v) is 5.11. The Kier molecular flexibility index (Phi) is 16.9. The van der Waals surface area contributed by atoms with Crippen LogP contribution in [0.5, 0.6) is 0 Å². The second kappa shape index (κ2) is 20.3. The highest BCUT2D eigenvalue weighted by atomic mass is 35.6. The van der Waals surface area contributed by atoms with Crippen molar-refractivity contribution in [2.24, 2.45) is 0 Å². The third kappa shape index (κ3) is 14.3. The third-order valence-corrected chi connectivity index (χ3v) is 7.69. The Morgan fingerprint density at radius 1 is 0.935 bits per heavy atom. The summed E-state index contributed by atoms with van der Waals surface area (Å²) in [5.41, 5.74) is 1.86. The van der Waals surface area contributed by atoms with Gasteiger partial charge in [0, 0.05) is 0 Å². The molecule has 0 saturated carbocycles. The summed E-state index contributed by atoms with van der Waals surface area (Å²) in [5, 5.41) is 24.5. The van der Waals surface area contributed by atoms with E-state index in [-0.39, 0.29) is 19.6 Å². The van der Waals surface area contributed by atoms with E-state index in [1.165, 1.54) is 0 Å². The number of halogens is 3. The molecule has 13 heteroatoms. The Bertz CT molecular complexity index is 1160.